The van der Waals surface area contributed by atoms with Crippen LogP contribution in [-0.4, -0.2) is 9.38 Å². The largest absolute Gasteiger partial charge is 0.297 e. The molecule has 98 valence electrons. The predicted octanol–water partition coefficient (Wildman–Crippen LogP) is 4.70. The van der Waals surface area contributed by atoms with E-state index in [4.69, 9.17) is 11.6 Å². The summed E-state index contributed by atoms with van der Waals surface area (Å²) in [5.41, 5.74) is 2.36. The summed E-state index contributed by atoms with van der Waals surface area (Å²) in [6.07, 6.45) is 7.19. The molecule has 2 nitrogen and oxygen atoms in total. The maximum Gasteiger partial charge on any atom is 0.193 e. The van der Waals surface area contributed by atoms with Crippen molar-refractivity contribution in [2.75, 3.05) is 0 Å². The molecule has 3 rings (SSSR count). The molecular formula is C15H15ClN2S. The van der Waals surface area contributed by atoms with Crippen molar-refractivity contribution in [3.05, 3.63) is 59.4 Å². The van der Waals surface area contributed by atoms with Crippen molar-refractivity contribution < 1.29 is 0 Å². The van der Waals surface area contributed by atoms with Gasteiger partial charge in [0, 0.05) is 17.8 Å². The van der Waals surface area contributed by atoms with Gasteiger partial charge in [0.1, 0.15) is 0 Å². The van der Waals surface area contributed by atoms with E-state index in [9.17, 15) is 0 Å². The number of hydrogen-bond acceptors (Lipinski definition) is 2. The monoisotopic (exact) mass is 290 g/mol. The minimum Gasteiger partial charge on any atom is -0.297 e. The van der Waals surface area contributed by atoms with E-state index in [1.165, 1.54) is 5.56 Å². The van der Waals surface area contributed by atoms with Crippen LogP contribution in [0, 0.1) is 0 Å². The highest BCUT2D eigenvalue weighted by Crippen LogP contribution is 2.26. The van der Waals surface area contributed by atoms with Crippen molar-refractivity contribution in [2.45, 2.75) is 24.6 Å². The lowest BCUT2D eigenvalue weighted by atomic mass is 10.1. The van der Waals surface area contributed by atoms with Gasteiger partial charge in [0.05, 0.1) is 11.1 Å². The minimum atomic E-state index is 0.102. The first kappa shape index (κ1) is 12.7. The van der Waals surface area contributed by atoms with Crippen LogP contribution in [-0.2, 0) is 6.42 Å². The van der Waals surface area contributed by atoms with Crippen LogP contribution >= 0.6 is 22.9 Å². The van der Waals surface area contributed by atoms with Crippen LogP contribution < -0.4 is 0 Å². The van der Waals surface area contributed by atoms with Gasteiger partial charge < -0.3 is 0 Å². The standard InChI is InChI=1S/C15H15ClN2S/c16-14(12-5-2-1-3-6-12)8-4-7-13-11-18-9-10-19-15(18)17-13/h1-3,5-6,9-11,14H,4,7-8H2. The number of aromatic nitrogens is 2. The summed E-state index contributed by atoms with van der Waals surface area (Å²) in [6.45, 7) is 0. The fourth-order valence-corrected chi connectivity index (χ4v) is 3.21. The lowest BCUT2D eigenvalue weighted by Gasteiger charge is -2.08. The summed E-state index contributed by atoms with van der Waals surface area (Å²) < 4.78 is 2.08. The van der Waals surface area contributed by atoms with Crippen molar-refractivity contribution in [2.24, 2.45) is 0 Å². The maximum atomic E-state index is 6.41. The third-order valence-corrected chi connectivity index (χ3v) is 4.44. The van der Waals surface area contributed by atoms with E-state index in [-0.39, 0.29) is 5.38 Å². The molecular weight excluding hydrogens is 276 g/mol. The van der Waals surface area contributed by atoms with Gasteiger partial charge in [-0.3, -0.25) is 4.40 Å². The van der Waals surface area contributed by atoms with E-state index in [0.29, 0.717) is 0 Å². The number of thiazole rings is 1. The van der Waals surface area contributed by atoms with Gasteiger partial charge in [0.2, 0.25) is 0 Å². The second-order valence-corrected chi connectivity index (χ2v) is 6.00. The van der Waals surface area contributed by atoms with Gasteiger partial charge in [-0.05, 0) is 24.8 Å². The van der Waals surface area contributed by atoms with Gasteiger partial charge in [-0.2, -0.15) is 0 Å². The van der Waals surface area contributed by atoms with Crippen LogP contribution in [0.2, 0.25) is 0 Å². The number of halogens is 1. The predicted molar refractivity (Wildman–Crippen MR) is 81.0 cm³/mol. The van der Waals surface area contributed by atoms with Crippen LogP contribution in [0.25, 0.3) is 4.96 Å². The number of rotatable bonds is 5. The number of hydrogen-bond donors (Lipinski definition) is 0. The lowest BCUT2D eigenvalue weighted by molar-refractivity contribution is 0.708. The molecule has 1 unspecified atom stereocenters. The number of fused-ring (bicyclic) bond motifs is 1. The average Bonchev–Trinajstić information content (AvgIpc) is 3.00. The number of alkyl halides is 1. The van der Waals surface area contributed by atoms with Gasteiger partial charge in [-0.25, -0.2) is 4.98 Å². The average molecular weight is 291 g/mol. The highest BCUT2D eigenvalue weighted by Gasteiger charge is 2.08. The quantitative estimate of drug-likeness (QED) is 0.623. The normalized spacial score (nSPS) is 12.9. The van der Waals surface area contributed by atoms with Crippen LogP contribution in [0.15, 0.2) is 48.1 Å². The van der Waals surface area contributed by atoms with E-state index >= 15 is 0 Å². The summed E-state index contributed by atoms with van der Waals surface area (Å²) in [7, 11) is 0. The molecule has 4 heteroatoms. The van der Waals surface area contributed by atoms with E-state index in [1.54, 1.807) is 11.3 Å². The van der Waals surface area contributed by atoms with E-state index in [1.807, 2.05) is 24.4 Å². The molecule has 3 aromatic rings. The Labute approximate surface area is 121 Å². The third-order valence-electron chi connectivity index (χ3n) is 3.19. The zero-order valence-corrected chi connectivity index (χ0v) is 12.1. The molecule has 0 saturated heterocycles. The maximum absolute atomic E-state index is 6.41. The summed E-state index contributed by atoms with van der Waals surface area (Å²) in [4.78, 5) is 5.65. The molecule has 0 fully saturated rings. The number of aryl methyl sites for hydroxylation is 1. The highest BCUT2D eigenvalue weighted by molar-refractivity contribution is 7.15. The first-order chi connectivity index (χ1) is 9.33. The van der Waals surface area contributed by atoms with E-state index < -0.39 is 0 Å². The lowest BCUT2D eigenvalue weighted by Crippen LogP contribution is -1.93. The van der Waals surface area contributed by atoms with Crippen LogP contribution in [0.3, 0.4) is 0 Å². The summed E-state index contributed by atoms with van der Waals surface area (Å²) >= 11 is 8.08. The molecule has 1 atom stereocenters. The Hall–Kier alpha value is -1.32. The molecule has 2 heterocycles. The van der Waals surface area contributed by atoms with Crippen LogP contribution in [0.1, 0.15) is 29.5 Å². The van der Waals surface area contributed by atoms with E-state index in [0.717, 1.165) is 29.9 Å². The van der Waals surface area contributed by atoms with Gasteiger partial charge in [0.25, 0.3) is 0 Å². The summed E-state index contributed by atoms with van der Waals surface area (Å²) in [5, 5.41) is 2.15. The fraction of sp³-hybridized carbons (Fsp3) is 0.267. The van der Waals surface area contributed by atoms with Crippen molar-refractivity contribution in [1.29, 1.82) is 0 Å². The molecule has 0 aliphatic carbocycles. The van der Waals surface area contributed by atoms with Crippen molar-refractivity contribution in [1.82, 2.24) is 9.38 Å². The van der Waals surface area contributed by atoms with Crippen molar-refractivity contribution >= 4 is 27.9 Å². The number of imidazole rings is 1. The first-order valence-corrected chi connectivity index (χ1v) is 7.74. The Morgan fingerprint density at radius 1 is 1.26 bits per heavy atom. The van der Waals surface area contributed by atoms with Gasteiger partial charge in [0.15, 0.2) is 4.96 Å². The topological polar surface area (TPSA) is 17.3 Å². The Balaban J connectivity index is 1.54. The Morgan fingerprint density at radius 3 is 2.89 bits per heavy atom. The number of nitrogens with zero attached hydrogens (tertiary/aromatic N) is 2. The van der Waals surface area contributed by atoms with E-state index in [2.05, 4.69) is 33.1 Å². The Kier molecular flexibility index (Phi) is 3.85. The molecule has 0 aliphatic heterocycles. The molecule has 1 aromatic carbocycles. The fourth-order valence-electron chi connectivity index (χ4n) is 2.19. The zero-order chi connectivity index (χ0) is 13.1. The molecule has 0 spiro atoms. The number of benzene rings is 1. The molecule has 0 amide bonds. The molecule has 0 N–H and O–H groups in total. The van der Waals surface area contributed by atoms with Crippen LogP contribution in [0.5, 0.6) is 0 Å². The Morgan fingerprint density at radius 2 is 2.11 bits per heavy atom. The molecule has 0 bridgehead atoms. The van der Waals surface area contributed by atoms with Gasteiger partial charge in [-0.1, -0.05) is 30.3 Å². The molecule has 2 aromatic heterocycles. The van der Waals surface area contributed by atoms with Crippen molar-refractivity contribution in [3.8, 4) is 0 Å². The minimum absolute atomic E-state index is 0.102. The first-order valence-electron chi connectivity index (χ1n) is 6.43. The second-order valence-electron chi connectivity index (χ2n) is 4.60. The Bertz CT molecular complexity index is 616. The van der Waals surface area contributed by atoms with Crippen LogP contribution in [0.4, 0.5) is 0 Å². The van der Waals surface area contributed by atoms with Gasteiger partial charge >= 0.3 is 0 Å². The summed E-state index contributed by atoms with van der Waals surface area (Å²) in [5.74, 6) is 0. The smallest absolute Gasteiger partial charge is 0.193 e. The molecule has 19 heavy (non-hydrogen) atoms. The van der Waals surface area contributed by atoms with Crippen molar-refractivity contribution in [3.63, 3.8) is 0 Å². The molecule has 0 saturated carbocycles. The molecule has 0 aliphatic rings. The van der Waals surface area contributed by atoms with Gasteiger partial charge in [-0.15, -0.1) is 22.9 Å². The third kappa shape index (κ3) is 2.99. The highest BCUT2D eigenvalue weighted by atomic mass is 35.5. The second kappa shape index (κ2) is 5.76. The summed E-state index contributed by atoms with van der Waals surface area (Å²) in [6, 6.07) is 10.3. The molecule has 0 radical (unpaired) electrons. The SMILES string of the molecule is ClC(CCCc1cn2ccsc2n1)c1ccccc1. The zero-order valence-electron chi connectivity index (χ0n) is 10.5.